The molecule has 0 atom stereocenters. The van der Waals surface area contributed by atoms with Gasteiger partial charge in [-0.15, -0.1) is 0 Å². The predicted octanol–water partition coefficient (Wildman–Crippen LogP) is 1.21. The van der Waals surface area contributed by atoms with Gasteiger partial charge in [0.1, 0.15) is 0 Å². The molecular weight excluding hydrogens is 188 g/mol. The lowest BCUT2D eigenvalue weighted by Gasteiger charge is -2.50. The molecule has 0 bridgehead atoms. The maximum atomic E-state index is 8.63. The van der Waals surface area contributed by atoms with Crippen molar-refractivity contribution in [1.29, 1.82) is 0 Å². The number of likely N-dealkylation sites (tertiary alicyclic amines) is 1. The summed E-state index contributed by atoms with van der Waals surface area (Å²) in [6, 6.07) is 0. The lowest BCUT2D eigenvalue weighted by Crippen LogP contribution is -2.69. The molecule has 1 fully saturated rings. The Morgan fingerprint density at radius 3 is 2.33 bits per heavy atom. The van der Waals surface area contributed by atoms with Crippen LogP contribution in [0.3, 0.4) is 0 Å². The van der Waals surface area contributed by atoms with Crippen LogP contribution < -0.4 is 5.73 Å². The zero-order valence-corrected chi connectivity index (χ0v) is 10.2. The van der Waals surface area contributed by atoms with Crippen molar-refractivity contribution in [3.8, 4) is 0 Å². The van der Waals surface area contributed by atoms with Gasteiger partial charge in [0.15, 0.2) is 0 Å². The van der Waals surface area contributed by atoms with E-state index in [0.29, 0.717) is 12.5 Å². The summed E-state index contributed by atoms with van der Waals surface area (Å²) in [6.07, 6.45) is 4.58. The van der Waals surface area contributed by atoms with Crippen molar-refractivity contribution in [3.63, 3.8) is 0 Å². The highest BCUT2D eigenvalue weighted by molar-refractivity contribution is 5.01. The first-order chi connectivity index (χ1) is 7.08. The molecule has 0 aliphatic carbocycles. The van der Waals surface area contributed by atoms with E-state index in [1.54, 1.807) is 0 Å². The molecule has 3 N–H and O–H groups in total. The SMILES string of the molecule is CC(C)C1(N)CN(CCCCCCO)C1. The second-order valence-electron chi connectivity index (χ2n) is 5.24. The molecule has 3 nitrogen and oxygen atoms in total. The smallest absolute Gasteiger partial charge is 0.0435 e. The average Bonchev–Trinajstić information content (AvgIpc) is 2.14. The molecule has 15 heavy (non-hydrogen) atoms. The fourth-order valence-electron chi connectivity index (χ4n) is 2.11. The molecule has 0 radical (unpaired) electrons. The van der Waals surface area contributed by atoms with E-state index in [2.05, 4.69) is 18.7 Å². The second kappa shape index (κ2) is 5.83. The molecule has 0 aromatic rings. The van der Waals surface area contributed by atoms with Gasteiger partial charge in [0.05, 0.1) is 0 Å². The maximum Gasteiger partial charge on any atom is 0.0435 e. The summed E-state index contributed by atoms with van der Waals surface area (Å²) >= 11 is 0. The molecule has 0 amide bonds. The number of hydrogen-bond acceptors (Lipinski definition) is 3. The van der Waals surface area contributed by atoms with Crippen molar-refractivity contribution in [3.05, 3.63) is 0 Å². The highest BCUT2D eigenvalue weighted by Crippen LogP contribution is 2.26. The Bertz CT molecular complexity index is 176. The van der Waals surface area contributed by atoms with Crippen LogP contribution in [0.2, 0.25) is 0 Å². The van der Waals surface area contributed by atoms with Gasteiger partial charge in [-0.1, -0.05) is 26.7 Å². The van der Waals surface area contributed by atoms with E-state index < -0.39 is 0 Å². The highest BCUT2D eigenvalue weighted by atomic mass is 16.2. The summed E-state index contributed by atoms with van der Waals surface area (Å²) < 4.78 is 0. The minimum absolute atomic E-state index is 0.0745. The molecule has 0 spiro atoms. The standard InChI is InChI=1S/C12H26N2O/c1-11(2)12(13)9-14(10-12)7-5-3-4-6-8-15/h11,15H,3-10,13H2,1-2H3. The van der Waals surface area contributed by atoms with Crippen molar-refractivity contribution in [2.45, 2.75) is 45.1 Å². The molecule has 1 aliphatic rings. The molecular formula is C12H26N2O. The fraction of sp³-hybridized carbons (Fsp3) is 1.00. The van der Waals surface area contributed by atoms with Gasteiger partial charge in [0.25, 0.3) is 0 Å². The Morgan fingerprint density at radius 1 is 1.20 bits per heavy atom. The van der Waals surface area contributed by atoms with Crippen LogP contribution in [-0.2, 0) is 0 Å². The van der Waals surface area contributed by atoms with E-state index in [9.17, 15) is 0 Å². The van der Waals surface area contributed by atoms with Crippen molar-refractivity contribution in [2.75, 3.05) is 26.2 Å². The van der Waals surface area contributed by atoms with Gasteiger partial charge in [-0.3, -0.25) is 4.90 Å². The molecule has 0 aromatic heterocycles. The van der Waals surface area contributed by atoms with Gasteiger partial charge >= 0.3 is 0 Å². The van der Waals surface area contributed by atoms with Crippen LogP contribution in [0.1, 0.15) is 39.5 Å². The van der Waals surface area contributed by atoms with Gasteiger partial charge in [-0.05, 0) is 25.3 Å². The van der Waals surface area contributed by atoms with Gasteiger partial charge in [-0.25, -0.2) is 0 Å². The largest absolute Gasteiger partial charge is 0.396 e. The minimum atomic E-state index is 0.0745. The third-order valence-corrected chi connectivity index (χ3v) is 3.57. The topological polar surface area (TPSA) is 49.5 Å². The third-order valence-electron chi connectivity index (χ3n) is 3.57. The van der Waals surface area contributed by atoms with E-state index in [4.69, 9.17) is 10.8 Å². The maximum absolute atomic E-state index is 8.63. The molecule has 0 unspecified atom stereocenters. The first-order valence-corrected chi connectivity index (χ1v) is 6.20. The van der Waals surface area contributed by atoms with Crippen molar-refractivity contribution >= 4 is 0 Å². The molecule has 1 rings (SSSR count). The van der Waals surface area contributed by atoms with E-state index in [-0.39, 0.29) is 5.54 Å². The Morgan fingerprint density at radius 2 is 1.80 bits per heavy atom. The first kappa shape index (κ1) is 12.9. The number of unbranched alkanes of at least 4 members (excludes halogenated alkanes) is 3. The Balaban J connectivity index is 1.98. The number of nitrogens with zero attached hydrogens (tertiary/aromatic N) is 1. The van der Waals surface area contributed by atoms with Crippen LogP contribution in [0.25, 0.3) is 0 Å². The van der Waals surface area contributed by atoms with Crippen molar-refractivity contribution in [2.24, 2.45) is 11.7 Å². The van der Waals surface area contributed by atoms with Crippen LogP contribution in [0.15, 0.2) is 0 Å². The first-order valence-electron chi connectivity index (χ1n) is 6.20. The fourth-order valence-corrected chi connectivity index (χ4v) is 2.11. The predicted molar refractivity (Wildman–Crippen MR) is 63.8 cm³/mol. The summed E-state index contributed by atoms with van der Waals surface area (Å²) in [5, 5.41) is 8.63. The minimum Gasteiger partial charge on any atom is -0.396 e. The van der Waals surface area contributed by atoms with Crippen LogP contribution in [0.4, 0.5) is 0 Å². The van der Waals surface area contributed by atoms with Gasteiger partial charge in [-0.2, -0.15) is 0 Å². The lowest BCUT2D eigenvalue weighted by molar-refractivity contribution is 0.0365. The lowest BCUT2D eigenvalue weighted by atomic mass is 9.80. The summed E-state index contributed by atoms with van der Waals surface area (Å²) in [4.78, 5) is 2.44. The number of nitrogens with two attached hydrogens (primary N) is 1. The number of hydrogen-bond donors (Lipinski definition) is 2. The van der Waals surface area contributed by atoms with Gasteiger partial charge < -0.3 is 10.8 Å². The van der Waals surface area contributed by atoms with Crippen LogP contribution in [0.5, 0.6) is 0 Å². The Hall–Kier alpha value is -0.120. The van der Waals surface area contributed by atoms with E-state index in [0.717, 1.165) is 25.9 Å². The molecule has 1 saturated heterocycles. The van der Waals surface area contributed by atoms with Gasteiger partial charge in [0, 0.05) is 25.2 Å². The van der Waals surface area contributed by atoms with Crippen LogP contribution in [0, 0.1) is 5.92 Å². The summed E-state index contributed by atoms with van der Waals surface area (Å²) in [6.45, 7) is 8.05. The number of aliphatic hydroxyl groups is 1. The highest BCUT2D eigenvalue weighted by Gasteiger charge is 2.41. The second-order valence-corrected chi connectivity index (χ2v) is 5.24. The van der Waals surface area contributed by atoms with Crippen LogP contribution >= 0.6 is 0 Å². The summed E-state index contributed by atoms with van der Waals surface area (Å²) in [7, 11) is 0. The average molecular weight is 214 g/mol. The van der Waals surface area contributed by atoms with Crippen LogP contribution in [-0.4, -0.2) is 41.8 Å². The molecule has 90 valence electrons. The Labute approximate surface area is 93.6 Å². The quantitative estimate of drug-likeness (QED) is 0.626. The molecule has 0 aromatic carbocycles. The monoisotopic (exact) mass is 214 g/mol. The van der Waals surface area contributed by atoms with Gasteiger partial charge in [0.2, 0.25) is 0 Å². The summed E-state index contributed by atoms with van der Waals surface area (Å²) in [5.41, 5.74) is 6.29. The molecule has 3 heteroatoms. The number of aliphatic hydroxyl groups excluding tert-OH is 1. The summed E-state index contributed by atoms with van der Waals surface area (Å²) in [5.74, 6) is 0.586. The van der Waals surface area contributed by atoms with E-state index >= 15 is 0 Å². The van der Waals surface area contributed by atoms with Crippen molar-refractivity contribution in [1.82, 2.24) is 4.90 Å². The third kappa shape index (κ3) is 3.74. The zero-order chi connectivity index (χ0) is 11.3. The molecule has 0 saturated carbocycles. The Kier molecular flexibility index (Phi) is 5.03. The van der Waals surface area contributed by atoms with E-state index in [1.165, 1.54) is 19.4 Å². The van der Waals surface area contributed by atoms with Crippen molar-refractivity contribution < 1.29 is 5.11 Å². The zero-order valence-electron chi connectivity index (χ0n) is 10.2. The number of rotatable bonds is 7. The normalized spacial score (nSPS) is 20.6. The van der Waals surface area contributed by atoms with E-state index in [1.807, 2.05) is 0 Å². The molecule has 1 heterocycles. The molecule has 1 aliphatic heterocycles.